The summed E-state index contributed by atoms with van der Waals surface area (Å²) in [7, 11) is 0. The number of hydrazone groups is 1. The molecule has 0 fully saturated rings. The lowest BCUT2D eigenvalue weighted by molar-refractivity contribution is 0.0954. The van der Waals surface area contributed by atoms with E-state index in [4.69, 9.17) is 11.6 Å². The number of hydrogen-bond acceptors (Lipinski definition) is 5. The first-order chi connectivity index (χ1) is 16.5. The van der Waals surface area contributed by atoms with Crippen LogP contribution in [0, 0.1) is 0 Å². The molecule has 8 nitrogen and oxygen atoms in total. The maximum Gasteiger partial charge on any atom is 0.271 e. The molecule has 2 amide bonds. The monoisotopic (exact) mass is 472 g/mol. The molecule has 0 aliphatic heterocycles. The molecule has 34 heavy (non-hydrogen) atoms. The Balaban J connectivity index is 1.33. The summed E-state index contributed by atoms with van der Waals surface area (Å²) in [6.07, 6.45) is 6.45. The van der Waals surface area contributed by atoms with Gasteiger partial charge in [0.05, 0.1) is 23.5 Å². The van der Waals surface area contributed by atoms with E-state index in [2.05, 4.69) is 25.9 Å². The SMILES string of the molecule is C/C(=N\NC(=O)c1ccc(Cn2cc(Cl)cn2)cc1)c1ccc(NC(=O)c2ccncc2)cc1. The lowest BCUT2D eigenvalue weighted by atomic mass is 10.1. The van der Waals surface area contributed by atoms with Crippen LogP contribution >= 0.6 is 11.6 Å². The van der Waals surface area contributed by atoms with Gasteiger partial charge >= 0.3 is 0 Å². The van der Waals surface area contributed by atoms with Crippen LogP contribution in [0.1, 0.15) is 38.8 Å². The van der Waals surface area contributed by atoms with E-state index < -0.39 is 0 Å². The van der Waals surface area contributed by atoms with Crippen molar-refractivity contribution < 1.29 is 9.59 Å². The van der Waals surface area contributed by atoms with Crippen molar-refractivity contribution in [3.8, 4) is 0 Å². The van der Waals surface area contributed by atoms with Crippen molar-refractivity contribution >= 4 is 34.8 Å². The van der Waals surface area contributed by atoms with Gasteiger partial charge in [-0.15, -0.1) is 0 Å². The van der Waals surface area contributed by atoms with Gasteiger partial charge in [-0.3, -0.25) is 19.3 Å². The van der Waals surface area contributed by atoms with Gasteiger partial charge in [0.15, 0.2) is 0 Å². The number of amides is 2. The second kappa shape index (κ2) is 10.5. The highest BCUT2D eigenvalue weighted by Gasteiger charge is 2.08. The summed E-state index contributed by atoms with van der Waals surface area (Å²) in [5.41, 5.74) is 6.69. The Labute approximate surface area is 201 Å². The van der Waals surface area contributed by atoms with Crippen molar-refractivity contribution in [2.24, 2.45) is 5.10 Å². The van der Waals surface area contributed by atoms with Crippen LogP contribution in [0.2, 0.25) is 5.02 Å². The molecule has 9 heteroatoms. The number of halogens is 1. The molecular weight excluding hydrogens is 452 g/mol. The average molecular weight is 473 g/mol. The molecule has 0 aliphatic rings. The van der Waals surface area contributed by atoms with Crippen LogP contribution in [-0.2, 0) is 6.54 Å². The summed E-state index contributed by atoms with van der Waals surface area (Å²) in [6, 6.07) is 17.7. The number of anilines is 1. The molecule has 0 unspecified atom stereocenters. The minimum absolute atomic E-state index is 0.216. The van der Waals surface area contributed by atoms with Gasteiger partial charge in [-0.1, -0.05) is 35.9 Å². The zero-order chi connectivity index (χ0) is 23.9. The largest absolute Gasteiger partial charge is 0.322 e. The van der Waals surface area contributed by atoms with E-state index in [1.54, 1.807) is 72.8 Å². The van der Waals surface area contributed by atoms with E-state index in [0.29, 0.717) is 34.1 Å². The van der Waals surface area contributed by atoms with Crippen molar-refractivity contribution in [2.75, 3.05) is 5.32 Å². The fraction of sp³-hybridized carbons (Fsp3) is 0.0800. The molecule has 4 rings (SSSR count). The fourth-order valence-electron chi connectivity index (χ4n) is 3.14. The highest BCUT2D eigenvalue weighted by atomic mass is 35.5. The molecule has 2 N–H and O–H groups in total. The second-order valence-electron chi connectivity index (χ2n) is 7.46. The molecule has 0 aliphatic carbocycles. The molecular formula is C25H21ClN6O2. The van der Waals surface area contributed by atoms with Crippen LogP contribution < -0.4 is 10.7 Å². The average Bonchev–Trinajstić information content (AvgIpc) is 3.28. The van der Waals surface area contributed by atoms with E-state index in [0.717, 1.165) is 11.1 Å². The number of carbonyl (C=O) groups excluding carboxylic acids is 2. The summed E-state index contributed by atoms with van der Waals surface area (Å²) in [6.45, 7) is 2.36. The van der Waals surface area contributed by atoms with Gasteiger partial charge in [-0.2, -0.15) is 10.2 Å². The summed E-state index contributed by atoms with van der Waals surface area (Å²) >= 11 is 5.88. The second-order valence-corrected chi connectivity index (χ2v) is 7.89. The van der Waals surface area contributed by atoms with E-state index in [1.165, 1.54) is 0 Å². The van der Waals surface area contributed by atoms with Gasteiger partial charge in [0.1, 0.15) is 0 Å². The molecule has 2 aromatic heterocycles. The molecule has 0 radical (unpaired) electrons. The molecule has 2 aromatic carbocycles. The van der Waals surface area contributed by atoms with Crippen molar-refractivity contribution in [3.05, 3.63) is 113 Å². The Bertz CT molecular complexity index is 1320. The van der Waals surface area contributed by atoms with Crippen LogP contribution in [-0.4, -0.2) is 32.3 Å². The lowest BCUT2D eigenvalue weighted by Gasteiger charge is -2.07. The molecule has 2 heterocycles. The minimum atomic E-state index is -0.311. The number of pyridine rings is 1. The van der Waals surface area contributed by atoms with E-state index >= 15 is 0 Å². The number of carbonyl (C=O) groups is 2. The number of hydrogen-bond donors (Lipinski definition) is 2. The molecule has 0 saturated heterocycles. The van der Waals surface area contributed by atoms with Crippen LogP contribution in [0.5, 0.6) is 0 Å². The first-order valence-corrected chi connectivity index (χ1v) is 10.8. The summed E-state index contributed by atoms with van der Waals surface area (Å²) < 4.78 is 1.72. The van der Waals surface area contributed by atoms with Crippen molar-refractivity contribution in [3.63, 3.8) is 0 Å². The third kappa shape index (κ3) is 5.93. The normalized spacial score (nSPS) is 11.2. The standard InChI is InChI=1S/C25H21ClN6O2/c1-17(19-6-8-23(9-7-19)29-24(33)21-10-12-27-13-11-21)30-31-25(34)20-4-2-18(3-5-20)15-32-16-22(26)14-28-32/h2-14,16H,15H2,1H3,(H,29,33)(H,31,34)/b30-17+. The predicted octanol–water partition coefficient (Wildman–Crippen LogP) is 4.39. The molecule has 0 bridgehead atoms. The number of rotatable bonds is 7. The zero-order valence-corrected chi connectivity index (χ0v) is 19.0. The molecule has 4 aromatic rings. The molecule has 0 atom stereocenters. The summed E-state index contributed by atoms with van der Waals surface area (Å²) in [5, 5.41) is 11.7. The van der Waals surface area contributed by atoms with Gasteiger partial charge in [-0.05, 0) is 54.4 Å². The highest BCUT2D eigenvalue weighted by Crippen LogP contribution is 2.13. The lowest BCUT2D eigenvalue weighted by Crippen LogP contribution is -2.19. The summed E-state index contributed by atoms with van der Waals surface area (Å²) in [4.78, 5) is 28.6. The van der Waals surface area contributed by atoms with Crippen LogP contribution in [0.4, 0.5) is 5.69 Å². The van der Waals surface area contributed by atoms with Crippen LogP contribution in [0.3, 0.4) is 0 Å². The molecule has 170 valence electrons. The number of nitrogens with zero attached hydrogens (tertiary/aromatic N) is 4. The molecule has 0 spiro atoms. The first-order valence-electron chi connectivity index (χ1n) is 10.4. The smallest absolute Gasteiger partial charge is 0.271 e. The van der Waals surface area contributed by atoms with Crippen LogP contribution in [0.15, 0.2) is 90.6 Å². The van der Waals surface area contributed by atoms with Crippen molar-refractivity contribution in [1.82, 2.24) is 20.2 Å². The quantitative estimate of drug-likeness (QED) is 0.307. The van der Waals surface area contributed by atoms with Crippen molar-refractivity contribution in [1.29, 1.82) is 0 Å². The highest BCUT2D eigenvalue weighted by molar-refractivity contribution is 6.30. The Hall–Kier alpha value is -4.30. The third-order valence-electron chi connectivity index (χ3n) is 4.99. The Morgan fingerprint density at radius 2 is 1.56 bits per heavy atom. The molecule has 0 saturated carbocycles. The fourth-order valence-corrected chi connectivity index (χ4v) is 3.29. The Morgan fingerprint density at radius 1 is 0.912 bits per heavy atom. The first kappa shape index (κ1) is 22.9. The van der Waals surface area contributed by atoms with Gasteiger partial charge in [0, 0.05) is 35.4 Å². The van der Waals surface area contributed by atoms with Gasteiger partial charge < -0.3 is 5.32 Å². The predicted molar refractivity (Wildman–Crippen MR) is 131 cm³/mol. The Morgan fingerprint density at radius 3 is 2.21 bits per heavy atom. The van der Waals surface area contributed by atoms with Crippen molar-refractivity contribution in [2.45, 2.75) is 13.5 Å². The minimum Gasteiger partial charge on any atom is -0.322 e. The maximum atomic E-state index is 12.5. The third-order valence-corrected chi connectivity index (χ3v) is 5.19. The summed E-state index contributed by atoms with van der Waals surface area (Å²) in [5.74, 6) is -0.526. The van der Waals surface area contributed by atoms with E-state index in [-0.39, 0.29) is 11.8 Å². The number of benzene rings is 2. The van der Waals surface area contributed by atoms with E-state index in [9.17, 15) is 9.59 Å². The zero-order valence-electron chi connectivity index (χ0n) is 18.3. The van der Waals surface area contributed by atoms with Gasteiger partial charge in [-0.25, -0.2) is 5.43 Å². The van der Waals surface area contributed by atoms with Gasteiger partial charge in [0.2, 0.25) is 0 Å². The Kier molecular flexibility index (Phi) is 7.10. The van der Waals surface area contributed by atoms with Crippen LogP contribution in [0.25, 0.3) is 0 Å². The number of nitrogens with one attached hydrogen (secondary N) is 2. The topological polar surface area (TPSA) is 101 Å². The van der Waals surface area contributed by atoms with E-state index in [1.807, 2.05) is 24.3 Å². The maximum absolute atomic E-state index is 12.5. The van der Waals surface area contributed by atoms with Gasteiger partial charge in [0.25, 0.3) is 11.8 Å². The number of aromatic nitrogens is 3.